The van der Waals surface area contributed by atoms with E-state index in [9.17, 15) is 0 Å². The second kappa shape index (κ2) is 2.12. The van der Waals surface area contributed by atoms with Crippen molar-refractivity contribution < 1.29 is 0 Å². The summed E-state index contributed by atoms with van der Waals surface area (Å²) in [5.74, 6) is 0.824. The monoisotopic (exact) mass is 139 g/mol. The highest BCUT2D eigenvalue weighted by Crippen LogP contribution is 2.23. The molecule has 0 atom stereocenters. The minimum atomic E-state index is 0.824. The molecule has 9 heavy (non-hydrogen) atoms. The first-order valence-electron chi connectivity index (χ1n) is 3.21. The number of hydrogen-bond acceptors (Lipinski definition) is 2. The molecule has 48 valence electrons. The van der Waals surface area contributed by atoms with Gasteiger partial charge in [0, 0.05) is 23.9 Å². The van der Waals surface area contributed by atoms with Gasteiger partial charge in [-0.25, -0.2) is 0 Å². The van der Waals surface area contributed by atoms with Gasteiger partial charge < -0.3 is 5.32 Å². The lowest BCUT2D eigenvalue weighted by atomic mass is 10.0. The van der Waals surface area contributed by atoms with Crippen LogP contribution in [0.2, 0.25) is 0 Å². The molecule has 0 unspecified atom stereocenters. The molecule has 2 rings (SSSR count). The zero-order chi connectivity index (χ0) is 6.10. The van der Waals surface area contributed by atoms with E-state index in [1.165, 1.54) is 18.0 Å². The van der Waals surface area contributed by atoms with E-state index in [-0.39, 0.29) is 0 Å². The molecule has 0 bridgehead atoms. The molecule has 0 saturated carbocycles. The Hall–Kier alpha value is -0.340. The van der Waals surface area contributed by atoms with Crippen molar-refractivity contribution in [2.24, 2.45) is 0 Å². The Kier molecular flexibility index (Phi) is 1.28. The summed E-state index contributed by atoms with van der Waals surface area (Å²) in [6, 6.07) is 4.34. The highest BCUT2D eigenvalue weighted by atomic mass is 32.1. The Balaban J connectivity index is 2.14. The summed E-state index contributed by atoms with van der Waals surface area (Å²) in [6.07, 6.45) is 0. The highest BCUT2D eigenvalue weighted by Gasteiger charge is 2.18. The van der Waals surface area contributed by atoms with Crippen molar-refractivity contribution in [1.29, 1.82) is 0 Å². The van der Waals surface area contributed by atoms with E-state index in [0.29, 0.717) is 0 Å². The highest BCUT2D eigenvalue weighted by molar-refractivity contribution is 7.10. The van der Waals surface area contributed by atoms with Gasteiger partial charge in [-0.3, -0.25) is 0 Å². The third kappa shape index (κ3) is 0.884. The van der Waals surface area contributed by atoms with E-state index in [2.05, 4.69) is 22.8 Å². The standard InChI is InChI=1S/C7H9NS/c1-2-7(9-3-1)6-4-8-5-6/h1-3,6,8H,4-5H2. The number of rotatable bonds is 1. The summed E-state index contributed by atoms with van der Waals surface area (Å²) in [5.41, 5.74) is 0. The van der Waals surface area contributed by atoms with Gasteiger partial charge in [0.15, 0.2) is 0 Å². The normalized spacial score (nSPS) is 19.6. The molecule has 0 spiro atoms. The molecule has 1 fully saturated rings. The van der Waals surface area contributed by atoms with Crippen LogP contribution in [0.4, 0.5) is 0 Å². The lowest BCUT2D eigenvalue weighted by Crippen LogP contribution is -2.39. The van der Waals surface area contributed by atoms with Gasteiger partial charge in [0.25, 0.3) is 0 Å². The smallest absolute Gasteiger partial charge is 0.0183 e. The minimum Gasteiger partial charge on any atom is -0.315 e. The second-order valence-electron chi connectivity index (χ2n) is 2.37. The third-order valence-electron chi connectivity index (χ3n) is 1.73. The van der Waals surface area contributed by atoms with Crippen molar-refractivity contribution >= 4 is 11.3 Å². The van der Waals surface area contributed by atoms with Crippen LogP contribution in [-0.4, -0.2) is 13.1 Å². The third-order valence-corrected chi connectivity index (χ3v) is 2.76. The molecule has 0 aliphatic carbocycles. The summed E-state index contributed by atoms with van der Waals surface area (Å²) in [5, 5.41) is 5.40. The Bertz CT molecular complexity index is 177. The molecule has 2 heterocycles. The summed E-state index contributed by atoms with van der Waals surface area (Å²) in [4.78, 5) is 1.54. The molecule has 1 aliphatic rings. The molecule has 0 amide bonds. The summed E-state index contributed by atoms with van der Waals surface area (Å²) >= 11 is 1.87. The van der Waals surface area contributed by atoms with E-state index in [4.69, 9.17) is 0 Å². The fourth-order valence-corrected chi connectivity index (χ4v) is 1.84. The first-order valence-corrected chi connectivity index (χ1v) is 4.09. The van der Waals surface area contributed by atoms with E-state index in [1.807, 2.05) is 11.3 Å². The maximum atomic E-state index is 3.26. The predicted molar refractivity (Wildman–Crippen MR) is 39.9 cm³/mol. The van der Waals surface area contributed by atoms with E-state index < -0.39 is 0 Å². The van der Waals surface area contributed by atoms with Gasteiger partial charge in [-0.2, -0.15) is 0 Å². The predicted octanol–water partition coefficient (Wildman–Crippen LogP) is 1.43. The van der Waals surface area contributed by atoms with Crippen LogP contribution >= 0.6 is 11.3 Å². The zero-order valence-electron chi connectivity index (χ0n) is 5.13. The fourth-order valence-electron chi connectivity index (χ4n) is 1.01. The number of hydrogen-bond donors (Lipinski definition) is 1. The summed E-state index contributed by atoms with van der Waals surface area (Å²) < 4.78 is 0. The molecule has 1 aromatic rings. The molecule has 0 radical (unpaired) electrons. The van der Waals surface area contributed by atoms with Crippen LogP contribution in [0, 0.1) is 0 Å². The average Bonchev–Trinajstić information content (AvgIpc) is 2.11. The van der Waals surface area contributed by atoms with Gasteiger partial charge in [-0.05, 0) is 11.4 Å². The Morgan fingerprint density at radius 1 is 1.56 bits per heavy atom. The fraction of sp³-hybridized carbons (Fsp3) is 0.429. The van der Waals surface area contributed by atoms with Crippen LogP contribution in [-0.2, 0) is 0 Å². The van der Waals surface area contributed by atoms with Crippen molar-refractivity contribution in [2.75, 3.05) is 13.1 Å². The Labute approximate surface area is 58.7 Å². The average molecular weight is 139 g/mol. The van der Waals surface area contributed by atoms with Crippen molar-refractivity contribution in [2.45, 2.75) is 5.92 Å². The molecule has 1 aliphatic heterocycles. The van der Waals surface area contributed by atoms with Gasteiger partial charge >= 0.3 is 0 Å². The van der Waals surface area contributed by atoms with Crippen LogP contribution in [0.1, 0.15) is 10.8 Å². The molecule has 1 aromatic heterocycles. The number of nitrogens with one attached hydrogen (secondary N) is 1. The van der Waals surface area contributed by atoms with Crippen LogP contribution in [0.25, 0.3) is 0 Å². The molecule has 1 nitrogen and oxygen atoms in total. The minimum absolute atomic E-state index is 0.824. The topological polar surface area (TPSA) is 12.0 Å². The van der Waals surface area contributed by atoms with Gasteiger partial charge in [0.2, 0.25) is 0 Å². The van der Waals surface area contributed by atoms with Crippen molar-refractivity contribution in [1.82, 2.24) is 5.32 Å². The molecular formula is C7H9NS. The SMILES string of the molecule is c1csc(C2CNC2)c1. The van der Waals surface area contributed by atoms with Gasteiger partial charge in [-0.15, -0.1) is 11.3 Å². The largest absolute Gasteiger partial charge is 0.315 e. The van der Waals surface area contributed by atoms with Gasteiger partial charge in [-0.1, -0.05) is 6.07 Å². The quantitative estimate of drug-likeness (QED) is 0.620. The molecule has 2 heteroatoms. The van der Waals surface area contributed by atoms with E-state index in [0.717, 1.165) is 5.92 Å². The lowest BCUT2D eigenvalue weighted by Gasteiger charge is -2.25. The van der Waals surface area contributed by atoms with E-state index >= 15 is 0 Å². The molecular weight excluding hydrogens is 130 g/mol. The molecule has 1 N–H and O–H groups in total. The maximum absolute atomic E-state index is 3.26. The lowest BCUT2D eigenvalue weighted by molar-refractivity contribution is 0.454. The van der Waals surface area contributed by atoms with E-state index in [1.54, 1.807) is 0 Å². The Morgan fingerprint density at radius 2 is 2.44 bits per heavy atom. The molecule has 1 saturated heterocycles. The van der Waals surface area contributed by atoms with Crippen molar-refractivity contribution in [3.8, 4) is 0 Å². The Morgan fingerprint density at radius 3 is 2.89 bits per heavy atom. The maximum Gasteiger partial charge on any atom is 0.0183 e. The summed E-state index contributed by atoms with van der Waals surface area (Å²) in [6.45, 7) is 2.36. The second-order valence-corrected chi connectivity index (χ2v) is 3.35. The first-order chi connectivity index (χ1) is 4.47. The van der Waals surface area contributed by atoms with Gasteiger partial charge in [0.1, 0.15) is 0 Å². The first kappa shape index (κ1) is 5.45. The summed E-state index contributed by atoms with van der Waals surface area (Å²) in [7, 11) is 0. The van der Waals surface area contributed by atoms with Crippen LogP contribution < -0.4 is 5.32 Å². The number of thiophene rings is 1. The van der Waals surface area contributed by atoms with Crippen molar-refractivity contribution in [3.05, 3.63) is 22.4 Å². The van der Waals surface area contributed by atoms with Crippen molar-refractivity contribution in [3.63, 3.8) is 0 Å². The van der Waals surface area contributed by atoms with Crippen LogP contribution in [0.3, 0.4) is 0 Å². The van der Waals surface area contributed by atoms with Gasteiger partial charge in [0.05, 0.1) is 0 Å². The molecule has 0 aromatic carbocycles. The van der Waals surface area contributed by atoms with Crippen LogP contribution in [0.5, 0.6) is 0 Å². The van der Waals surface area contributed by atoms with Crippen LogP contribution in [0.15, 0.2) is 17.5 Å². The zero-order valence-corrected chi connectivity index (χ0v) is 5.95.